The molecule has 0 radical (unpaired) electrons. The van der Waals surface area contributed by atoms with Gasteiger partial charge in [-0.25, -0.2) is 0 Å². The van der Waals surface area contributed by atoms with Gasteiger partial charge >= 0.3 is 5.97 Å². The average Bonchev–Trinajstić information content (AvgIpc) is 3.16. The number of methoxy groups -OCH3 is 1. The first-order chi connectivity index (χ1) is 13.0. The lowest BCUT2D eigenvalue weighted by Crippen LogP contribution is -2.66. The first-order valence-corrected chi connectivity index (χ1v) is 9.58. The van der Waals surface area contributed by atoms with Crippen molar-refractivity contribution in [3.8, 4) is 0 Å². The standard InChI is InChI=1S/C21H24N2O4/c1-3-12-11-23-9-8-13(12)21(19(26)27-2)16(23)10-20(17(21)24)14-6-4-5-7-15(14)22-18(20)25/h3-7,13,16,18,22,25H,8-11H2,1-2H3. The van der Waals surface area contributed by atoms with Gasteiger partial charge in [0.2, 0.25) is 0 Å². The van der Waals surface area contributed by atoms with Crippen molar-refractivity contribution in [1.82, 2.24) is 4.90 Å². The number of fused-ring (bicyclic) bond motifs is 4. The highest BCUT2D eigenvalue weighted by atomic mass is 16.5. The summed E-state index contributed by atoms with van der Waals surface area (Å²) >= 11 is 0. The summed E-state index contributed by atoms with van der Waals surface area (Å²) in [6, 6.07) is 7.28. The summed E-state index contributed by atoms with van der Waals surface area (Å²) in [7, 11) is 1.36. The van der Waals surface area contributed by atoms with Gasteiger partial charge in [0, 0.05) is 24.2 Å². The monoisotopic (exact) mass is 368 g/mol. The number of hydrogen-bond acceptors (Lipinski definition) is 6. The molecule has 6 unspecified atom stereocenters. The zero-order chi connectivity index (χ0) is 19.0. The van der Waals surface area contributed by atoms with Gasteiger partial charge in [-0.15, -0.1) is 0 Å². The Morgan fingerprint density at radius 1 is 1.41 bits per heavy atom. The second-order valence-electron chi connectivity index (χ2n) is 8.15. The Balaban J connectivity index is 1.76. The molecule has 6 atom stereocenters. The minimum Gasteiger partial charge on any atom is -0.468 e. The minimum atomic E-state index is -1.24. The van der Waals surface area contributed by atoms with Crippen LogP contribution in [0.5, 0.6) is 0 Å². The van der Waals surface area contributed by atoms with E-state index in [2.05, 4.69) is 10.2 Å². The zero-order valence-electron chi connectivity index (χ0n) is 15.6. The van der Waals surface area contributed by atoms with Gasteiger partial charge < -0.3 is 15.2 Å². The number of piperidine rings is 3. The molecule has 27 heavy (non-hydrogen) atoms. The molecule has 1 spiro atoms. The van der Waals surface area contributed by atoms with Crippen LogP contribution in [0.25, 0.3) is 0 Å². The fourth-order valence-corrected chi connectivity index (χ4v) is 6.29. The van der Waals surface area contributed by atoms with Crippen LogP contribution < -0.4 is 5.32 Å². The van der Waals surface area contributed by atoms with Crippen LogP contribution in [0.3, 0.4) is 0 Å². The summed E-state index contributed by atoms with van der Waals surface area (Å²) < 4.78 is 5.22. The highest BCUT2D eigenvalue weighted by Gasteiger charge is 2.76. The number of nitrogens with one attached hydrogen (secondary N) is 1. The summed E-state index contributed by atoms with van der Waals surface area (Å²) in [5.41, 5.74) is 0.336. The molecule has 0 amide bonds. The number of anilines is 1. The van der Waals surface area contributed by atoms with Gasteiger partial charge in [-0.2, -0.15) is 0 Å². The van der Waals surface area contributed by atoms with Crippen LogP contribution in [0.1, 0.15) is 25.3 Å². The van der Waals surface area contributed by atoms with Gasteiger partial charge in [0.25, 0.3) is 0 Å². The number of rotatable bonds is 1. The van der Waals surface area contributed by atoms with E-state index < -0.39 is 23.0 Å². The molecule has 4 aliphatic heterocycles. The highest BCUT2D eigenvalue weighted by Crippen LogP contribution is 2.63. The lowest BCUT2D eigenvalue weighted by Gasteiger charge is -2.54. The number of esters is 1. The maximum absolute atomic E-state index is 14.2. The number of carbonyl (C=O) groups is 2. The van der Waals surface area contributed by atoms with Gasteiger partial charge in [0.15, 0.2) is 5.78 Å². The number of benzene rings is 1. The summed E-state index contributed by atoms with van der Waals surface area (Å²) in [4.78, 5) is 29.6. The SMILES string of the molecule is CC=C1CN2CCC1C1(C(=O)OC)C(=O)C3(CC21)c1ccccc1NC3O. The van der Waals surface area contributed by atoms with E-state index in [1.807, 2.05) is 37.3 Å². The average molecular weight is 368 g/mol. The van der Waals surface area contributed by atoms with E-state index in [1.54, 1.807) is 0 Å². The van der Waals surface area contributed by atoms with Crippen LogP contribution in [0.15, 0.2) is 35.9 Å². The Morgan fingerprint density at radius 2 is 2.19 bits per heavy atom. The molecule has 4 fully saturated rings. The molecule has 2 bridgehead atoms. The normalized spacial score (nSPS) is 42.9. The Kier molecular flexibility index (Phi) is 3.41. The summed E-state index contributed by atoms with van der Waals surface area (Å²) in [6.07, 6.45) is 2.19. The Morgan fingerprint density at radius 3 is 2.93 bits per heavy atom. The molecule has 6 rings (SSSR count). The van der Waals surface area contributed by atoms with Crippen LogP contribution in [0.4, 0.5) is 5.69 Å². The van der Waals surface area contributed by atoms with Gasteiger partial charge in [-0.05, 0) is 37.9 Å². The number of para-hydroxylation sites is 1. The van der Waals surface area contributed by atoms with Crippen molar-refractivity contribution in [2.24, 2.45) is 11.3 Å². The smallest absolute Gasteiger partial charge is 0.321 e. The van der Waals surface area contributed by atoms with Gasteiger partial charge in [0.1, 0.15) is 17.1 Å². The quantitative estimate of drug-likeness (QED) is 0.444. The number of aliphatic hydroxyl groups excluding tert-OH is 1. The van der Waals surface area contributed by atoms with Crippen LogP contribution in [-0.2, 0) is 19.7 Å². The van der Waals surface area contributed by atoms with E-state index in [0.29, 0.717) is 6.42 Å². The number of hydrogen-bond donors (Lipinski definition) is 2. The number of allylic oxidation sites excluding steroid dienone is 1. The second-order valence-corrected chi connectivity index (χ2v) is 8.15. The van der Waals surface area contributed by atoms with Crippen molar-refractivity contribution in [2.75, 3.05) is 25.5 Å². The van der Waals surface area contributed by atoms with Gasteiger partial charge in [-0.3, -0.25) is 14.5 Å². The second kappa shape index (κ2) is 5.42. The largest absolute Gasteiger partial charge is 0.468 e. The highest BCUT2D eigenvalue weighted by molar-refractivity contribution is 6.14. The predicted molar refractivity (Wildman–Crippen MR) is 99.0 cm³/mol. The molecule has 142 valence electrons. The summed E-state index contributed by atoms with van der Waals surface area (Å²) in [5.74, 6) is -0.804. The number of nitrogens with zero attached hydrogens (tertiary/aromatic N) is 1. The van der Waals surface area contributed by atoms with Crippen molar-refractivity contribution in [2.45, 2.75) is 37.5 Å². The van der Waals surface area contributed by atoms with Crippen molar-refractivity contribution in [3.05, 3.63) is 41.5 Å². The molecule has 0 aromatic heterocycles. The molecule has 2 N–H and O–H groups in total. The van der Waals surface area contributed by atoms with E-state index in [0.717, 1.165) is 36.3 Å². The lowest BCUT2D eigenvalue weighted by molar-refractivity contribution is -0.171. The fourth-order valence-electron chi connectivity index (χ4n) is 6.29. The van der Waals surface area contributed by atoms with Crippen LogP contribution in [-0.4, -0.2) is 54.2 Å². The van der Waals surface area contributed by atoms with E-state index in [4.69, 9.17) is 4.74 Å². The van der Waals surface area contributed by atoms with E-state index in [-0.39, 0.29) is 17.7 Å². The Labute approximate surface area is 158 Å². The number of carbonyl (C=O) groups excluding carboxylic acids is 2. The molecule has 4 heterocycles. The molecular formula is C21H24N2O4. The molecule has 1 saturated carbocycles. The van der Waals surface area contributed by atoms with Gasteiger partial charge in [-0.1, -0.05) is 29.8 Å². The minimum absolute atomic E-state index is 0.156. The Hall–Kier alpha value is -2.18. The zero-order valence-corrected chi connectivity index (χ0v) is 15.6. The maximum atomic E-state index is 14.2. The molecule has 6 heteroatoms. The number of aliphatic hydroxyl groups is 1. The van der Waals surface area contributed by atoms with Crippen molar-refractivity contribution < 1.29 is 19.4 Å². The lowest BCUT2D eigenvalue weighted by atomic mass is 9.59. The molecule has 1 aromatic carbocycles. The summed E-state index contributed by atoms with van der Waals surface area (Å²) in [6.45, 7) is 3.60. The van der Waals surface area contributed by atoms with Crippen molar-refractivity contribution in [1.29, 1.82) is 0 Å². The molecular weight excluding hydrogens is 344 g/mol. The van der Waals surface area contributed by atoms with E-state index in [1.165, 1.54) is 7.11 Å². The predicted octanol–water partition coefficient (Wildman–Crippen LogP) is 1.45. The number of Topliss-reactive ketones (excluding diaryl/α,β-unsaturated/α-hetero) is 1. The molecule has 1 aromatic rings. The molecule has 6 nitrogen and oxygen atoms in total. The molecule has 1 aliphatic carbocycles. The fraction of sp³-hybridized carbons (Fsp3) is 0.524. The van der Waals surface area contributed by atoms with Crippen molar-refractivity contribution >= 4 is 17.4 Å². The third-order valence-electron chi connectivity index (χ3n) is 7.41. The van der Waals surface area contributed by atoms with Crippen LogP contribution in [0.2, 0.25) is 0 Å². The van der Waals surface area contributed by atoms with E-state index >= 15 is 0 Å². The maximum Gasteiger partial charge on any atom is 0.321 e. The first kappa shape index (κ1) is 17.0. The topological polar surface area (TPSA) is 78.9 Å². The third-order valence-corrected chi connectivity index (χ3v) is 7.41. The third kappa shape index (κ3) is 1.74. The number of ketones is 1. The summed E-state index contributed by atoms with van der Waals surface area (Å²) in [5, 5.41) is 14.1. The van der Waals surface area contributed by atoms with Crippen LogP contribution >= 0.6 is 0 Å². The Bertz CT molecular complexity index is 881. The van der Waals surface area contributed by atoms with Crippen LogP contribution in [0, 0.1) is 11.3 Å². The number of ether oxygens (including phenoxy) is 1. The van der Waals surface area contributed by atoms with Crippen molar-refractivity contribution in [3.63, 3.8) is 0 Å². The van der Waals surface area contributed by atoms with Gasteiger partial charge in [0.05, 0.1) is 7.11 Å². The first-order valence-electron chi connectivity index (χ1n) is 9.58. The van der Waals surface area contributed by atoms with E-state index in [9.17, 15) is 14.7 Å². The molecule has 3 saturated heterocycles. The molecule has 5 aliphatic rings.